The summed E-state index contributed by atoms with van der Waals surface area (Å²) in [6, 6.07) is 0. The molecule has 0 aromatic rings. The summed E-state index contributed by atoms with van der Waals surface area (Å²) >= 11 is 0. The molecule has 0 radical (unpaired) electrons. The van der Waals surface area contributed by atoms with Crippen LogP contribution in [0.2, 0.25) is 0 Å². The lowest BCUT2D eigenvalue weighted by molar-refractivity contribution is 0.574. The van der Waals surface area contributed by atoms with Gasteiger partial charge in [-0.15, -0.1) is 0 Å². The fourth-order valence-electron chi connectivity index (χ4n) is 1.58. The second kappa shape index (κ2) is 6.45. The van der Waals surface area contributed by atoms with E-state index in [1.165, 1.54) is 25.7 Å². The average molecular weight is 154 g/mol. The van der Waals surface area contributed by atoms with E-state index in [1.807, 2.05) is 0 Å². The van der Waals surface area contributed by atoms with Crippen LogP contribution < -0.4 is 0 Å². The molecular weight excluding hydrogens is 132 g/mol. The molecule has 0 N–H and O–H groups in total. The van der Waals surface area contributed by atoms with E-state index in [0.717, 1.165) is 5.92 Å². The van der Waals surface area contributed by atoms with Crippen LogP contribution in [0.4, 0.5) is 0 Å². The summed E-state index contributed by atoms with van der Waals surface area (Å²) < 4.78 is 0. The smallest absolute Gasteiger partial charge is 0.0232 e. The minimum Gasteiger partial charge on any atom is -0.0882 e. The fraction of sp³-hybridized carbons (Fsp3) is 0.818. The molecule has 0 fully saturated rings. The van der Waals surface area contributed by atoms with E-state index in [0.29, 0.717) is 0 Å². The first-order chi connectivity index (χ1) is 5.26. The van der Waals surface area contributed by atoms with Gasteiger partial charge in [0.2, 0.25) is 0 Å². The minimum atomic E-state index is 0.810. The maximum atomic E-state index is 2.34. The highest BCUT2D eigenvalue weighted by Crippen LogP contribution is 2.20. The molecule has 0 saturated carbocycles. The lowest BCUT2D eigenvalue weighted by atomic mass is 9.93. The molecular formula is C11H22. The highest BCUT2D eigenvalue weighted by Gasteiger charge is 2.04. The lowest BCUT2D eigenvalue weighted by Gasteiger charge is -2.13. The van der Waals surface area contributed by atoms with Crippen LogP contribution in [0.3, 0.4) is 0 Å². The molecule has 0 saturated heterocycles. The van der Waals surface area contributed by atoms with Crippen LogP contribution >= 0.6 is 0 Å². The fourth-order valence-corrected chi connectivity index (χ4v) is 1.58. The first-order valence-electron chi connectivity index (χ1n) is 4.91. The minimum absolute atomic E-state index is 0.810. The largest absolute Gasteiger partial charge is 0.0882 e. The zero-order chi connectivity index (χ0) is 8.69. The summed E-state index contributed by atoms with van der Waals surface area (Å²) in [4.78, 5) is 0. The Hall–Kier alpha value is -0.260. The van der Waals surface area contributed by atoms with Crippen LogP contribution in [-0.2, 0) is 0 Å². The van der Waals surface area contributed by atoms with Gasteiger partial charge in [-0.3, -0.25) is 0 Å². The predicted molar refractivity (Wildman–Crippen MR) is 52.7 cm³/mol. The van der Waals surface area contributed by atoms with Gasteiger partial charge in [-0.1, -0.05) is 45.3 Å². The quantitative estimate of drug-likeness (QED) is 0.521. The first-order valence-corrected chi connectivity index (χ1v) is 4.91. The molecule has 66 valence electrons. The Bertz CT molecular complexity index is 111. The van der Waals surface area contributed by atoms with Crippen LogP contribution in [-0.4, -0.2) is 0 Å². The van der Waals surface area contributed by atoms with Crippen molar-refractivity contribution in [2.75, 3.05) is 0 Å². The Morgan fingerprint density at radius 3 is 2.27 bits per heavy atom. The SMILES string of the molecule is C/C=C(/CCC)C(C)CCC. The van der Waals surface area contributed by atoms with Crippen molar-refractivity contribution in [2.24, 2.45) is 5.92 Å². The van der Waals surface area contributed by atoms with Gasteiger partial charge >= 0.3 is 0 Å². The molecule has 0 rings (SSSR count). The van der Waals surface area contributed by atoms with Crippen LogP contribution in [0.15, 0.2) is 11.6 Å². The van der Waals surface area contributed by atoms with Crippen LogP contribution in [0.1, 0.15) is 53.4 Å². The molecule has 0 aromatic heterocycles. The third-order valence-corrected chi connectivity index (χ3v) is 2.26. The Morgan fingerprint density at radius 2 is 1.91 bits per heavy atom. The van der Waals surface area contributed by atoms with Gasteiger partial charge < -0.3 is 0 Å². The van der Waals surface area contributed by atoms with Crippen molar-refractivity contribution in [1.29, 1.82) is 0 Å². The van der Waals surface area contributed by atoms with Crippen LogP contribution in [0, 0.1) is 5.92 Å². The van der Waals surface area contributed by atoms with Gasteiger partial charge in [-0.05, 0) is 25.7 Å². The third-order valence-electron chi connectivity index (χ3n) is 2.26. The van der Waals surface area contributed by atoms with Crippen LogP contribution in [0.5, 0.6) is 0 Å². The van der Waals surface area contributed by atoms with E-state index in [9.17, 15) is 0 Å². The average Bonchev–Trinajstić information content (AvgIpc) is 2.00. The molecule has 0 aliphatic rings. The molecule has 0 heteroatoms. The highest BCUT2D eigenvalue weighted by atomic mass is 14.1. The Labute approximate surface area is 71.7 Å². The van der Waals surface area contributed by atoms with Gasteiger partial charge in [-0.25, -0.2) is 0 Å². The molecule has 0 spiro atoms. The molecule has 0 bridgehead atoms. The van der Waals surface area contributed by atoms with Gasteiger partial charge in [-0.2, -0.15) is 0 Å². The van der Waals surface area contributed by atoms with E-state index in [-0.39, 0.29) is 0 Å². The summed E-state index contributed by atoms with van der Waals surface area (Å²) in [7, 11) is 0. The van der Waals surface area contributed by atoms with Gasteiger partial charge in [0, 0.05) is 0 Å². The normalized spacial score (nSPS) is 15.1. The number of hydrogen-bond donors (Lipinski definition) is 0. The van der Waals surface area contributed by atoms with Crippen molar-refractivity contribution in [2.45, 2.75) is 53.4 Å². The van der Waals surface area contributed by atoms with Crippen LogP contribution in [0.25, 0.3) is 0 Å². The predicted octanol–water partition coefficient (Wildman–Crippen LogP) is 4.17. The zero-order valence-corrected chi connectivity index (χ0v) is 8.48. The molecule has 0 heterocycles. The Kier molecular flexibility index (Phi) is 6.30. The maximum absolute atomic E-state index is 2.34. The molecule has 0 aromatic carbocycles. The van der Waals surface area contributed by atoms with Crippen molar-refractivity contribution in [1.82, 2.24) is 0 Å². The third kappa shape index (κ3) is 4.23. The summed E-state index contributed by atoms with van der Waals surface area (Å²) in [5, 5.41) is 0. The highest BCUT2D eigenvalue weighted by molar-refractivity contribution is 5.03. The molecule has 1 atom stereocenters. The summed E-state index contributed by atoms with van der Waals surface area (Å²) in [5.41, 5.74) is 1.65. The maximum Gasteiger partial charge on any atom is -0.0232 e. The molecule has 0 amide bonds. The Morgan fingerprint density at radius 1 is 1.27 bits per heavy atom. The van der Waals surface area contributed by atoms with E-state index >= 15 is 0 Å². The van der Waals surface area contributed by atoms with Crippen molar-refractivity contribution in [3.8, 4) is 0 Å². The standard InChI is InChI=1S/C11H22/c1-5-8-10(4)11(7-3)9-6-2/h7,10H,5-6,8-9H2,1-4H3/b11-7-. The second-order valence-electron chi connectivity index (χ2n) is 3.30. The number of hydrogen-bond acceptors (Lipinski definition) is 0. The molecule has 0 aliphatic heterocycles. The summed E-state index contributed by atoms with van der Waals surface area (Å²) in [5.74, 6) is 0.810. The lowest BCUT2D eigenvalue weighted by Crippen LogP contribution is -1.98. The van der Waals surface area contributed by atoms with Crippen molar-refractivity contribution in [3.63, 3.8) is 0 Å². The zero-order valence-electron chi connectivity index (χ0n) is 8.48. The monoisotopic (exact) mass is 154 g/mol. The van der Waals surface area contributed by atoms with E-state index in [2.05, 4.69) is 33.8 Å². The van der Waals surface area contributed by atoms with Crippen molar-refractivity contribution < 1.29 is 0 Å². The van der Waals surface area contributed by atoms with Gasteiger partial charge in [0.05, 0.1) is 0 Å². The molecule has 1 unspecified atom stereocenters. The van der Waals surface area contributed by atoms with Crippen molar-refractivity contribution in [3.05, 3.63) is 11.6 Å². The van der Waals surface area contributed by atoms with E-state index in [4.69, 9.17) is 0 Å². The molecule has 0 nitrogen and oxygen atoms in total. The van der Waals surface area contributed by atoms with Gasteiger partial charge in [0.15, 0.2) is 0 Å². The van der Waals surface area contributed by atoms with Gasteiger partial charge in [0.25, 0.3) is 0 Å². The second-order valence-corrected chi connectivity index (χ2v) is 3.30. The molecule has 11 heavy (non-hydrogen) atoms. The van der Waals surface area contributed by atoms with Gasteiger partial charge in [0.1, 0.15) is 0 Å². The summed E-state index contributed by atoms with van der Waals surface area (Å²) in [6.07, 6.45) is 7.52. The number of rotatable bonds is 5. The summed E-state index contributed by atoms with van der Waals surface area (Å²) in [6.45, 7) is 9.02. The first kappa shape index (κ1) is 10.7. The van der Waals surface area contributed by atoms with E-state index in [1.54, 1.807) is 5.57 Å². The molecule has 0 aliphatic carbocycles. The van der Waals surface area contributed by atoms with Crippen molar-refractivity contribution >= 4 is 0 Å². The Balaban J connectivity index is 3.82. The van der Waals surface area contributed by atoms with E-state index < -0.39 is 0 Å². The topological polar surface area (TPSA) is 0 Å². The number of allylic oxidation sites excluding steroid dienone is 2.